The van der Waals surface area contributed by atoms with E-state index in [1.54, 1.807) is 4.90 Å². The molecule has 7 nitrogen and oxygen atoms in total. The van der Waals surface area contributed by atoms with Gasteiger partial charge in [0.25, 0.3) is 0 Å². The summed E-state index contributed by atoms with van der Waals surface area (Å²) in [6.07, 6.45) is 1.30. The molecule has 9 heteroatoms. The van der Waals surface area contributed by atoms with Gasteiger partial charge < -0.3 is 4.90 Å². The van der Waals surface area contributed by atoms with Crippen molar-refractivity contribution in [1.29, 1.82) is 0 Å². The average molecular weight is 447 g/mol. The van der Waals surface area contributed by atoms with Crippen LogP contribution in [-0.4, -0.2) is 63.2 Å². The molecule has 0 saturated carbocycles. The Morgan fingerprint density at radius 2 is 2.10 bits per heavy atom. The second-order valence-corrected chi connectivity index (χ2v) is 11.1. The Morgan fingerprint density at radius 1 is 1.33 bits per heavy atom. The molecule has 0 aliphatic carbocycles. The van der Waals surface area contributed by atoms with E-state index in [1.807, 2.05) is 49.4 Å². The third kappa shape index (κ3) is 3.92. The monoisotopic (exact) mass is 446 g/mol. The Labute approximate surface area is 180 Å². The quantitative estimate of drug-likeness (QED) is 0.541. The molecule has 1 aliphatic rings. The van der Waals surface area contributed by atoms with Gasteiger partial charge in [0.1, 0.15) is 0 Å². The van der Waals surface area contributed by atoms with Crippen molar-refractivity contribution < 1.29 is 13.2 Å². The lowest BCUT2D eigenvalue weighted by Crippen LogP contribution is -2.47. The molecule has 0 radical (unpaired) electrons. The van der Waals surface area contributed by atoms with Crippen LogP contribution < -0.4 is 0 Å². The summed E-state index contributed by atoms with van der Waals surface area (Å²) in [5.74, 6) is 0.366. The third-order valence-corrected chi connectivity index (χ3v) is 8.52. The maximum atomic E-state index is 13.1. The van der Waals surface area contributed by atoms with E-state index < -0.39 is 9.84 Å². The molecule has 0 N–H and O–H groups in total. The van der Waals surface area contributed by atoms with Crippen molar-refractivity contribution in [1.82, 2.24) is 19.5 Å². The number of carbonyl (C=O) groups excluding carboxylic acids is 1. The van der Waals surface area contributed by atoms with E-state index >= 15 is 0 Å². The fourth-order valence-electron chi connectivity index (χ4n) is 4.17. The van der Waals surface area contributed by atoms with Crippen molar-refractivity contribution in [2.24, 2.45) is 0 Å². The number of carbonyl (C=O) groups is 1. The first kappa shape index (κ1) is 21.1. The number of nitrogens with zero attached hydrogens (tertiary/aromatic N) is 4. The Balaban J connectivity index is 1.60. The van der Waals surface area contributed by atoms with Gasteiger partial charge >= 0.3 is 0 Å². The van der Waals surface area contributed by atoms with E-state index in [0.29, 0.717) is 11.6 Å². The van der Waals surface area contributed by atoms with Gasteiger partial charge in [-0.05, 0) is 44.4 Å². The molecule has 4 rings (SSSR count). The molecule has 2 atom stereocenters. The van der Waals surface area contributed by atoms with E-state index in [-0.39, 0.29) is 35.2 Å². The summed E-state index contributed by atoms with van der Waals surface area (Å²) in [7, 11) is -3.06. The molecule has 30 heavy (non-hydrogen) atoms. The van der Waals surface area contributed by atoms with Crippen LogP contribution in [0, 0.1) is 6.92 Å². The predicted molar refractivity (Wildman–Crippen MR) is 120 cm³/mol. The number of pyridine rings is 1. The molecule has 3 heterocycles. The van der Waals surface area contributed by atoms with Gasteiger partial charge in [-0.25, -0.2) is 8.42 Å². The van der Waals surface area contributed by atoms with Crippen molar-refractivity contribution in [3.8, 4) is 0 Å². The lowest BCUT2D eigenvalue weighted by atomic mass is 10.1. The van der Waals surface area contributed by atoms with E-state index in [4.69, 9.17) is 0 Å². The zero-order valence-corrected chi connectivity index (χ0v) is 19.0. The van der Waals surface area contributed by atoms with Crippen LogP contribution in [0.5, 0.6) is 0 Å². The molecular weight excluding hydrogens is 420 g/mol. The van der Waals surface area contributed by atoms with Gasteiger partial charge in [0.05, 0.1) is 22.8 Å². The minimum atomic E-state index is -3.06. The number of aromatic nitrogens is 3. The number of fused-ring (bicyclic) bond motifs is 3. The zero-order valence-electron chi connectivity index (χ0n) is 17.4. The van der Waals surface area contributed by atoms with Gasteiger partial charge in [-0.1, -0.05) is 36.9 Å². The lowest BCUT2D eigenvalue weighted by molar-refractivity contribution is -0.132. The molecule has 1 saturated heterocycles. The Bertz CT molecular complexity index is 1210. The molecule has 0 unspecified atom stereocenters. The topological polar surface area (TPSA) is 84.6 Å². The van der Waals surface area contributed by atoms with Crippen LogP contribution in [0.4, 0.5) is 0 Å². The minimum Gasteiger partial charge on any atom is -0.335 e. The number of rotatable bonds is 6. The molecule has 160 valence electrons. The first-order valence-electron chi connectivity index (χ1n) is 10.2. The van der Waals surface area contributed by atoms with Crippen molar-refractivity contribution >= 4 is 44.1 Å². The fourth-order valence-corrected chi connectivity index (χ4v) is 6.70. The molecule has 1 fully saturated rings. The van der Waals surface area contributed by atoms with Crippen molar-refractivity contribution in [2.75, 3.05) is 17.3 Å². The fraction of sp³-hybridized carbons (Fsp3) is 0.476. The van der Waals surface area contributed by atoms with Crippen LogP contribution >= 0.6 is 11.8 Å². The highest BCUT2D eigenvalue weighted by Crippen LogP contribution is 2.27. The summed E-state index contributed by atoms with van der Waals surface area (Å²) < 4.78 is 25.9. The summed E-state index contributed by atoms with van der Waals surface area (Å²) in [4.78, 5) is 14.9. The normalized spacial score (nSPS) is 19.4. The second kappa shape index (κ2) is 8.19. The smallest absolute Gasteiger partial charge is 0.233 e. The molecular formula is C21H26N4O3S2. The van der Waals surface area contributed by atoms with E-state index in [9.17, 15) is 13.2 Å². The Kier molecular flexibility index (Phi) is 5.76. The van der Waals surface area contributed by atoms with E-state index in [2.05, 4.69) is 16.3 Å². The largest absolute Gasteiger partial charge is 0.335 e. The number of aryl methyl sites for hydroxylation is 1. The molecule has 0 spiro atoms. The third-order valence-electron chi connectivity index (χ3n) is 5.85. The number of thioether (sulfide) groups is 1. The second-order valence-electron chi connectivity index (χ2n) is 7.92. The van der Waals surface area contributed by atoms with Gasteiger partial charge in [-0.15, -0.1) is 10.2 Å². The van der Waals surface area contributed by atoms with Crippen LogP contribution in [0.2, 0.25) is 0 Å². The van der Waals surface area contributed by atoms with E-state index in [0.717, 1.165) is 28.5 Å². The number of para-hydroxylation sites is 1. The van der Waals surface area contributed by atoms with E-state index in [1.165, 1.54) is 11.8 Å². The van der Waals surface area contributed by atoms with Gasteiger partial charge in [-0.2, -0.15) is 0 Å². The number of hydrogen-bond donors (Lipinski definition) is 0. The minimum absolute atomic E-state index is 0.00461. The lowest BCUT2D eigenvalue weighted by Gasteiger charge is -2.33. The standard InChI is InChI=1S/C21H26N4O3S2/c1-4-15(3)24(16-9-10-30(27,28)13-16)20(26)12-29-21-23-22-19-11-14(2)17-7-5-6-8-18(17)25(19)21/h5-8,11,15-16H,4,9-10,12-13H2,1-3H3/t15-,16+/m1/s1. The number of sulfone groups is 1. The molecule has 3 aromatic rings. The van der Waals surface area contributed by atoms with Crippen molar-refractivity contribution in [2.45, 2.75) is 50.9 Å². The molecule has 2 aromatic heterocycles. The van der Waals surface area contributed by atoms with Gasteiger partial charge in [0, 0.05) is 17.5 Å². The Morgan fingerprint density at radius 3 is 2.80 bits per heavy atom. The summed E-state index contributed by atoms with van der Waals surface area (Å²) in [5, 5.41) is 10.4. The summed E-state index contributed by atoms with van der Waals surface area (Å²) in [6.45, 7) is 6.05. The predicted octanol–water partition coefficient (Wildman–Crippen LogP) is 3.10. The highest BCUT2D eigenvalue weighted by Gasteiger charge is 2.36. The van der Waals surface area contributed by atoms with Gasteiger partial charge in [0.15, 0.2) is 20.6 Å². The number of amides is 1. The first-order valence-corrected chi connectivity index (χ1v) is 13.0. The van der Waals surface area contributed by atoms with Crippen LogP contribution in [0.3, 0.4) is 0 Å². The van der Waals surface area contributed by atoms with Gasteiger partial charge in [-0.3, -0.25) is 9.20 Å². The molecule has 0 bridgehead atoms. The maximum absolute atomic E-state index is 13.1. The van der Waals surface area contributed by atoms with Crippen LogP contribution in [0.25, 0.3) is 16.6 Å². The van der Waals surface area contributed by atoms with Crippen molar-refractivity contribution in [3.05, 3.63) is 35.9 Å². The van der Waals surface area contributed by atoms with Crippen LogP contribution in [-0.2, 0) is 14.6 Å². The zero-order chi connectivity index (χ0) is 21.5. The first-order chi connectivity index (χ1) is 14.3. The summed E-state index contributed by atoms with van der Waals surface area (Å²) in [6, 6.07) is 9.82. The molecule has 1 aromatic carbocycles. The van der Waals surface area contributed by atoms with Gasteiger partial charge in [0.2, 0.25) is 5.91 Å². The SMILES string of the molecule is CC[C@@H](C)N(C(=O)CSc1nnc2cc(C)c3ccccc3n12)[C@H]1CCS(=O)(=O)C1. The highest BCUT2D eigenvalue weighted by molar-refractivity contribution is 7.99. The summed E-state index contributed by atoms with van der Waals surface area (Å²) >= 11 is 1.35. The number of benzene rings is 1. The summed E-state index contributed by atoms with van der Waals surface area (Å²) in [5.41, 5.74) is 2.89. The number of hydrogen-bond acceptors (Lipinski definition) is 6. The van der Waals surface area contributed by atoms with Crippen LogP contribution in [0.15, 0.2) is 35.5 Å². The Hall–Kier alpha value is -2.13. The maximum Gasteiger partial charge on any atom is 0.233 e. The van der Waals surface area contributed by atoms with Crippen molar-refractivity contribution in [3.63, 3.8) is 0 Å². The highest BCUT2D eigenvalue weighted by atomic mass is 32.2. The molecule has 1 aliphatic heterocycles. The van der Waals surface area contributed by atoms with Crippen LogP contribution in [0.1, 0.15) is 32.3 Å². The average Bonchev–Trinajstić information content (AvgIpc) is 3.29. The molecule has 1 amide bonds.